The Morgan fingerprint density at radius 3 is 2.32 bits per heavy atom. The number of hydrogen-bond acceptors (Lipinski definition) is 4. The third-order valence-corrected chi connectivity index (χ3v) is 4.23. The van der Waals surface area contributed by atoms with E-state index in [0.717, 1.165) is 0 Å². The third kappa shape index (κ3) is 2.37. The predicted octanol–water partition coefficient (Wildman–Crippen LogP) is 1.87. The second-order valence-electron chi connectivity index (χ2n) is 5.73. The number of rotatable bonds is 4. The van der Waals surface area contributed by atoms with Crippen LogP contribution in [0.5, 0.6) is 0 Å². The first-order valence-corrected chi connectivity index (χ1v) is 7.72. The number of pyridine rings is 1. The Labute approximate surface area is 142 Å². The van der Waals surface area contributed by atoms with Gasteiger partial charge in [0.25, 0.3) is 11.8 Å². The maximum absolute atomic E-state index is 12.3. The van der Waals surface area contributed by atoms with Gasteiger partial charge in [-0.05, 0) is 24.3 Å². The first-order chi connectivity index (χ1) is 12.1. The standard InChI is InChI=1S/C18H13N3O4/c22-16-12-4-1-2-5-13(12)17(23)20(16)9-8-11-10-21-14(18(24)25)6-3-7-15(21)19-11/h1-7,10H,8-9H2,(H,24,25). The summed E-state index contributed by atoms with van der Waals surface area (Å²) in [6, 6.07) is 11.5. The molecular formula is C18H13N3O4. The van der Waals surface area contributed by atoms with E-state index in [1.165, 1.54) is 15.4 Å². The molecule has 2 amide bonds. The minimum absolute atomic E-state index is 0.108. The lowest BCUT2D eigenvalue weighted by atomic mass is 10.1. The van der Waals surface area contributed by atoms with E-state index in [-0.39, 0.29) is 24.1 Å². The minimum Gasteiger partial charge on any atom is -0.477 e. The first-order valence-electron chi connectivity index (χ1n) is 7.72. The number of carbonyl (C=O) groups is 3. The summed E-state index contributed by atoms with van der Waals surface area (Å²) in [7, 11) is 0. The molecule has 0 unspecified atom stereocenters. The molecule has 0 saturated heterocycles. The fourth-order valence-corrected chi connectivity index (χ4v) is 3.02. The number of carboxylic acids is 1. The number of imide groups is 1. The molecule has 7 nitrogen and oxygen atoms in total. The van der Waals surface area contributed by atoms with Crippen molar-refractivity contribution in [1.29, 1.82) is 0 Å². The lowest BCUT2D eigenvalue weighted by molar-refractivity contribution is 0.0652. The highest BCUT2D eigenvalue weighted by Gasteiger charge is 2.34. The van der Waals surface area contributed by atoms with E-state index in [1.54, 1.807) is 42.6 Å². The lowest BCUT2D eigenvalue weighted by Gasteiger charge is -2.12. The number of fused-ring (bicyclic) bond motifs is 2. The van der Waals surface area contributed by atoms with E-state index in [2.05, 4.69) is 4.98 Å². The van der Waals surface area contributed by atoms with Gasteiger partial charge < -0.3 is 5.11 Å². The van der Waals surface area contributed by atoms with Crippen LogP contribution < -0.4 is 0 Å². The average molecular weight is 335 g/mol. The number of hydrogen-bond donors (Lipinski definition) is 1. The van der Waals surface area contributed by atoms with Crippen molar-refractivity contribution in [3.63, 3.8) is 0 Å². The molecule has 1 aliphatic rings. The maximum atomic E-state index is 12.3. The van der Waals surface area contributed by atoms with Gasteiger partial charge in [0.15, 0.2) is 0 Å². The van der Waals surface area contributed by atoms with E-state index in [9.17, 15) is 19.5 Å². The zero-order chi connectivity index (χ0) is 17.6. The highest BCUT2D eigenvalue weighted by atomic mass is 16.4. The van der Waals surface area contributed by atoms with Crippen LogP contribution in [-0.2, 0) is 6.42 Å². The number of carbonyl (C=O) groups excluding carboxylic acids is 2. The highest BCUT2D eigenvalue weighted by Crippen LogP contribution is 2.22. The molecule has 0 radical (unpaired) electrons. The smallest absolute Gasteiger partial charge is 0.352 e. The summed E-state index contributed by atoms with van der Waals surface area (Å²) in [5.74, 6) is -1.67. The molecule has 1 aromatic carbocycles. The first kappa shape index (κ1) is 15.1. The topological polar surface area (TPSA) is 92.0 Å². The molecule has 1 aliphatic heterocycles. The molecule has 0 atom stereocenters. The summed E-state index contributed by atoms with van der Waals surface area (Å²) in [6.45, 7) is 0.193. The van der Waals surface area contributed by atoms with Crippen LogP contribution in [0.25, 0.3) is 5.65 Å². The van der Waals surface area contributed by atoms with Crippen molar-refractivity contribution in [1.82, 2.24) is 14.3 Å². The van der Waals surface area contributed by atoms with Crippen LogP contribution in [0.3, 0.4) is 0 Å². The Morgan fingerprint density at radius 1 is 1.00 bits per heavy atom. The summed E-state index contributed by atoms with van der Waals surface area (Å²) in [4.78, 5) is 41.5. The number of carboxylic acid groups (broad SMARTS) is 1. The van der Waals surface area contributed by atoms with Gasteiger partial charge in [-0.1, -0.05) is 18.2 Å². The molecule has 0 spiro atoms. The second kappa shape index (κ2) is 5.55. The number of nitrogens with zero attached hydrogens (tertiary/aromatic N) is 3. The number of aromatic nitrogens is 2. The third-order valence-electron chi connectivity index (χ3n) is 4.23. The van der Waals surface area contributed by atoms with Gasteiger partial charge in [0.2, 0.25) is 0 Å². The van der Waals surface area contributed by atoms with Crippen molar-refractivity contribution >= 4 is 23.4 Å². The fraction of sp³-hybridized carbons (Fsp3) is 0.111. The molecule has 0 bridgehead atoms. The fourth-order valence-electron chi connectivity index (χ4n) is 3.02. The van der Waals surface area contributed by atoms with Crippen molar-refractivity contribution < 1.29 is 19.5 Å². The summed E-state index contributed by atoms with van der Waals surface area (Å²) >= 11 is 0. The molecule has 7 heteroatoms. The average Bonchev–Trinajstić information content (AvgIpc) is 3.13. The van der Waals surface area contributed by atoms with Crippen molar-refractivity contribution in [2.45, 2.75) is 6.42 Å². The summed E-state index contributed by atoms with van der Waals surface area (Å²) < 4.78 is 1.49. The van der Waals surface area contributed by atoms with E-state index in [4.69, 9.17) is 0 Å². The van der Waals surface area contributed by atoms with Crippen LogP contribution in [0, 0.1) is 0 Å². The lowest BCUT2D eigenvalue weighted by Crippen LogP contribution is -2.31. The molecule has 4 rings (SSSR count). The van der Waals surface area contributed by atoms with Crippen LogP contribution in [0.1, 0.15) is 36.9 Å². The van der Waals surface area contributed by atoms with Crippen LogP contribution in [-0.4, -0.2) is 43.7 Å². The Morgan fingerprint density at radius 2 is 1.68 bits per heavy atom. The zero-order valence-corrected chi connectivity index (χ0v) is 13.0. The number of amides is 2. The van der Waals surface area contributed by atoms with E-state index < -0.39 is 5.97 Å². The van der Waals surface area contributed by atoms with E-state index in [1.807, 2.05) is 0 Å². The molecule has 0 saturated carbocycles. The van der Waals surface area contributed by atoms with Crippen LogP contribution >= 0.6 is 0 Å². The van der Waals surface area contributed by atoms with Gasteiger partial charge in [-0.15, -0.1) is 0 Å². The zero-order valence-electron chi connectivity index (χ0n) is 13.0. The number of aromatic carboxylic acids is 1. The normalized spacial score (nSPS) is 13.5. The Kier molecular flexibility index (Phi) is 3.35. The largest absolute Gasteiger partial charge is 0.477 e. The highest BCUT2D eigenvalue weighted by molar-refractivity contribution is 6.21. The Bertz CT molecular complexity index is 1000. The van der Waals surface area contributed by atoms with Crippen LogP contribution in [0.4, 0.5) is 0 Å². The van der Waals surface area contributed by atoms with E-state index in [0.29, 0.717) is 28.9 Å². The van der Waals surface area contributed by atoms with Crippen LogP contribution in [0.2, 0.25) is 0 Å². The second-order valence-corrected chi connectivity index (χ2v) is 5.73. The van der Waals surface area contributed by atoms with Gasteiger partial charge in [0.05, 0.1) is 16.8 Å². The molecule has 2 aromatic heterocycles. The monoisotopic (exact) mass is 335 g/mol. The maximum Gasteiger partial charge on any atom is 0.352 e. The quantitative estimate of drug-likeness (QED) is 0.735. The molecule has 3 heterocycles. The van der Waals surface area contributed by atoms with Crippen molar-refractivity contribution in [2.75, 3.05) is 6.54 Å². The van der Waals surface area contributed by atoms with Gasteiger partial charge in [-0.3, -0.25) is 18.9 Å². The molecule has 25 heavy (non-hydrogen) atoms. The molecule has 3 aromatic rings. The molecule has 124 valence electrons. The molecule has 0 aliphatic carbocycles. The van der Waals surface area contributed by atoms with Crippen LogP contribution in [0.15, 0.2) is 48.7 Å². The van der Waals surface area contributed by atoms with E-state index >= 15 is 0 Å². The van der Waals surface area contributed by atoms with Gasteiger partial charge in [0, 0.05) is 19.2 Å². The number of imidazole rings is 1. The van der Waals surface area contributed by atoms with Gasteiger partial charge in [-0.25, -0.2) is 9.78 Å². The van der Waals surface area contributed by atoms with Crippen molar-refractivity contribution in [3.05, 3.63) is 71.2 Å². The minimum atomic E-state index is -1.05. The number of benzene rings is 1. The summed E-state index contributed by atoms with van der Waals surface area (Å²) in [5.41, 5.74) is 2.06. The predicted molar refractivity (Wildman–Crippen MR) is 87.7 cm³/mol. The molecule has 0 fully saturated rings. The SMILES string of the molecule is O=C(O)c1cccc2nc(CCN3C(=O)c4ccccc4C3=O)cn12. The molecular weight excluding hydrogens is 322 g/mol. The Balaban J connectivity index is 1.58. The summed E-state index contributed by atoms with van der Waals surface area (Å²) in [6.07, 6.45) is 1.98. The van der Waals surface area contributed by atoms with Crippen molar-refractivity contribution in [3.8, 4) is 0 Å². The van der Waals surface area contributed by atoms with Gasteiger partial charge in [0.1, 0.15) is 11.3 Å². The van der Waals surface area contributed by atoms with Gasteiger partial charge >= 0.3 is 5.97 Å². The summed E-state index contributed by atoms with van der Waals surface area (Å²) in [5, 5.41) is 9.22. The van der Waals surface area contributed by atoms with Crippen molar-refractivity contribution in [2.24, 2.45) is 0 Å². The van der Waals surface area contributed by atoms with Gasteiger partial charge in [-0.2, -0.15) is 0 Å². The molecule has 1 N–H and O–H groups in total. The Hall–Kier alpha value is -3.48.